The highest BCUT2D eigenvalue weighted by atomic mass is 32.2. The van der Waals surface area contributed by atoms with E-state index in [4.69, 9.17) is 4.55 Å². The smallest absolute Gasteiger partial charge is 0.266 e. The van der Waals surface area contributed by atoms with Crippen molar-refractivity contribution in [3.05, 3.63) is 0 Å². The molecule has 8 nitrogen and oxygen atoms in total. The first-order valence-electron chi connectivity index (χ1n) is 13.5. The van der Waals surface area contributed by atoms with Crippen molar-refractivity contribution in [1.29, 1.82) is 0 Å². The third-order valence-corrected chi connectivity index (χ3v) is 11.7. The summed E-state index contributed by atoms with van der Waals surface area (Å²) in [5.41, 5.74) is 0.00776. The second kappa shape index (κ2) is 9.86. The number of nitrogens with one attached hydrogen (secondary N) is 1. The first-order chi connectivity index (χ1) is 16.3. The van der Waals surface area contributed by atoms with Gasteiger partial charge in [-0.15, -0.1) is 0 Å². The monoisotopic (exact) mass is 515 g/mol. The number of hydrogen-bond donors (Lipinski definition) is 5. The van der Waals surface area contributed by atoms with Gasteiger partial charge in [0.15, 0.2) is 0 Å². The van der Waals surface area contributed by atoms with Crippen molar-refractivity contribution >= 4 is 16.0 Å². The largest absolute Gasteiger partial charge is 0.393 e. The fourth-order valence-electron chi connectivity index (χ4n) is 9.18. The molecule has 4 fully saturated rings. The fraction of sp³-hybridized carbons (Fsp3) is 0.962. The van der Waals surface area contributed by atoms with Crippen LogP contribution in [0.1, 0.15) is 78.6 Å². The van der Waals surface area contributed by atoms with E-state index >= 15 is 0 Å². The lowest BCUT2D eigenvalue weighted by atomic mass is 9.43. The molecule has 0 bridgehead atoms. The Labute approximate surface area is 210 Å². The van der Waals surface area contributed by atoms with E-state index in [9.17, 15) is 28.5 Å². The molecular weight excluding hydrogens is 470 g/mol. The fourth-order valence-corrected chi connectivity index (χ4v) is 9.54. The maximum atomic E-state index is 12.2. The van der Waals surface area contributed by atoms with Crippen molar-refractivity contribution in [2.45, 2.75) is 96.9 Å². The Morgan fingerprint density at radius 2 is 1.63 bits per heavy atom. The number of fused-ring (bicyclic) bond motifs is 5. The molecule has 9 heteroatoms. The molecule has 202 valence electrons. The van der Waals surface area contributed by atoms with Crippen LogP contribution in [0.25, 0.3) is 0 Å². The molecule has 5 N–H and O–H groups in total. The van der Waals surface area contributed by atoms with E-state index < -0.39 is 28.1 Å². The number of hydrogen-bond acceptors (Lipinski definition) is 6. The molecule has 4 aliphatic rings. The van der Waals surface area contributed by atoms with Crippen LogP contribution in [0.5, 0.6) is 0 Å². The normalized spacial score (nSPS) is 46.3. The summed E-state index contributed by atoms with van der Waals surface area (Å²) in [5, 5.41) is 35.4. The van der Waals surface area contributed by atoms with Gasteiger partial charge in [-0.2, -0.15) is 8.42 Å². The highest BCUT2D eigenvalue weighted by molar-refractivity contribution is 7.85. The summed E-state index contributed by atoms with van der Waals surface area (Å²) in [6.07, 6.45) is 5.54. The van der Waals surface area contributed by atoms with Gasteiger partial charge < -0.3 is 20.6 Å². The number of aliphatic hydroxyl groups excluding tert-OH is 3. The van der Waals surface area contributed by atoms with Crippen molar-refractivity contribution in [2.75, 3.05) is 12.3 Å². The summed E-state index contributed by atoms with van der Waals surface area (Å²) in [5.74, 6) is 0.781. The maximum Gasteiger partial charge on any atom is 0.266 e. The molecule has 35 heavy (non-hydrogen) atoms. The molecule has 0 aliphatic heterocycles. The summed E-state index contributed by atoms with van der Waals surface area (Å²) in [4.78, 5) is 12.2. The lowest BCUT2D eigenvalue weighted by Crippen LogP contribution is -2.64. The van der Waals surface area contributed by atoms with Gasteiger partial charge >= 0.3 is 0 Å². The lowest BCUT2D eigenvalue weighted by Gasteiger charge is -2.63. The summed E-state index contributed by atoms with van der Waals surface area (Å²) < 4.78 is 30.5. The van der Waals surface area contributed by atoms with Gasteiger partial charge in [0.1, 0.15) is 0 Å². The van der Waals surface area contributed by atoms with Gasteiger partial charge in [-0.3, -0.25) is 9.35 Å². The highest BCUT2D eigenvalue weighted by Crippen LogP contribution is 2.68. The second-order valence-corrected chi connectivity index (χ2v) is 14.3. The number of amides is 1. The van der Waals surface area contributed by atoms with E-state index in [2.05, 4.69) is 26.1 Å². The summed E-state index contributed by atoms with van der Waals surface area (Å²) >= 11 is 0. The van der Waals surface area contributed by atoms with Gasteiger partial charge in [0.05, 0.1) is 24.1 Å². The molecular formula is C26H45NO7S. The minimum atomic E-state index is -4.08. The Kier molecular flexibility index (Phi) is 7.69. The van der Waals surface area contributed by atoms with Crippen molar-refractivity contribution in [1.82, 2.24) is 5.32 Å². The van der Waals surface area contributed by atoms with Gasteiger partial charge in [-0.05, 0) is 97.7 Å². The third kappa shape index (κ3) is 5.05. The zero-order chi connectivity index (χ0) is 25.8. The van der Waals surface area contributed by atoms with Crippen molar-refractivity contribution in [3.63, 3.8) is 0 Å². The lowest BCUT2D eigenvalue weighted by molar-refractivity contribution is -0.223. The Morgan fingerprint density at radius 1 is 0.971 bits per heavy atom. The number of rotatable bonds is 7. The van der Waals surface area contributed by atoms with Gasteiger partial charge in [0, 0.05) is 13.0 Å². The van der Waals surface area contributed by atoms with Gasteiger partial charge in [-0.25, -0.2) is 0 Å². The molecule has 0 saturated heterocycles. The van der Waals surface area contributed by atoms with Crippen LogP contribution in [0.15, 0.2) is 0 Å². The summed E-state index contributed by atoms with van der Waals surface area (Å²) in [6.45, 7) is 6.75. The molecule has 1 amide bonds. The zero-order valence-corrected chi connectivity index (χ0v) is 22.2. The average Bonchev–Trinajstić information content (AvgIpc) is 3.13. The molecule has 4 saturated carbocycles. The first-order valence-corrected chi connectivity index (χ1v) is 15.1. The number of aliphatic hydroxyl groups is 3. The van der Waals surface area contributed by atoms with Crippen LogP contribution in [-0.2, 0) is 14.9 Å². The number of carbonyl (C=O) groups excluding carboxylic acids is 1. The molecule has 0 aromatic heterocycles. The van der Waals surface area contributed by atoms with E-state index in [-0.39, 0.29) is 41.2 Å². The predicted octanol–water partition coefficient (Wildman–Crippen LogP) is 2.37. The van der Waals surface area contributed by atoms with E-state index in [1.807, 2.05) is 0 Å². The quantitative estimate of drug-likeness (QED) is 0.327. The maximum absolute atomic E-state index is 12.2. The van der Waals surface area contributed by atoms with Crippen molar-refractivity contribution < 1.29 is 33.1 Å². The van der Waals surface area contributed by atoms with Gasteiger partial charge in [-0.1, -0.05) is 20.8 Å². The van der Waals surface area contributed by atoms with Crippen molar-refractivity contribution in [2.24, 2.45) is 46.3 Å². The average molecular weight is 516 g/mol. The zero-order valence-electron chi connectivity index (χ0n) is 21.4. The van der Waals surface area contributed by atoms with Crippen LogP contribution < -0.4 is 5.32 Å². The standard InChI is InChI=1S/C26H45NO7S/c1-15(4-7-21(29)27-12-13-35(32,33)34)17-5-6-18-22-19(9-11-25(17,18)2)26(3)10-8-16(28)14-20(26)23(30)24(22)31/h15-20,22-24,28,30-31H,4-14H2,1-3H3,(H,27,29)(H,32,33,34)/t15?,16-,17?,18?,19?,20?,22?,23-,24?,25-,26-/m1/s1. The third-order valence-electron chi connectivity index (χ3n) is 11.0. The Bertz CT molecular complexity index is 896. The molecule has 0 aromatic rings. The molecule has 7 unspecified atom stereocenters. The Balaban J connectivity index is 1.42. The second-order valence-electron chi connectivity index (χ2n) is 12.7. The molecule has 0 radical (unpaired) electrons. The number of carbonyl (C=O) groups is 1. The topological polar surface area (TPSA) is 144 Å². The predicted molar refractivity (Wildman–Crippen MR) is 132 cm³/mol. The molecule has 11 atom stereocenters. The Morgan fingerprint density at radius 3 is 2.31 bits per heavy atom. The van der Waals surface area contributed by atoms with E-state index in [0.717, 1.165) is 38.5 Å². The SMILES string of the molecule is CC(CCC(=O)NCCS(=O)(=O)O)C1CCC2C3C(O)[C@H](O)C4C[C@H](O)CC[C@]4(C)C3CC[C@]12C. The van der Waals surface area contributed by atoms with E-state index in [1.165, 1.54) is 0 Å². The molecule has 4 aliphatic carbocycles. The molecule has 0 spiro atoms. The minimum Gasteiger partial charge on any atom is -0.393 e. The first kappa shape index (κ1) is 27.3. The van der Waals surface area contributed by atoms with Crippen LogP contribution in [-0.4, -0.2) is 64.8 Å². The van der Waals surface area contributed by atoms with Crippen LogP contribution in [0.4, 0.5) is 0 Å². The summed E-state index contributed by atoms with van der Waals surface area (Å²) in [7, 11) is -4.08. The summed E-state index contributed by atoms with van der Waals surface area (Å²) in [6, 6.07) is 0. The molecule has 4 rings (SSSR count). The van der Waals surface area contributed by atoms with Crippen LogP contribution >= 0.6 is 0 Å². The molecule has 0 aromatic carbocycles. The molecule has 0 heterocycles. The van der Waals surface area contributed by atoms with E-state index in [0.29, 0.717) is 42.9 Å². The van der Waals surface area contributed by atoms with Crippen LogP contribution in [0.3, 0.4) is 0 Å². The minimum absolute atomic E-state index is 0.0479. The van der Waals surface area contributed by atoms with E-state index in [1.54, 1.807) is 0 Å². The van der Waals surface area contributed by atoms with Crippen LogP contribution in [0, 0.1) is 46.3 Å². The highest BCUT2D eigenvalue weighted by Gasteiger charge is 2.65. The Hall–Kier alpha value is -0.740. The van der Waals surface area contributed by atoms with Crippen LogP contribution in [0.2, 0.25) is 0 Å². The van der Waals surface area contributed by atoms with Gasteiger partial charge in [0.2, 0.25) is 5.91 Å². The van der Waals surface area contributed by atoms with Crippen molar-refractivity contribution in [3.8, 4) is 0 Å². The van der Waals surface area contributed by atoms with Gasteiger partial charge in [0.25, 0.3) is 10.1 Å².